The number of ketones is 1. The standard InChI is InChI=1S/C25H23FN2O3/c1-13-8-17(22-19(12-27-28-22)14-4-6-15(26)7-5-14)23(30)18-9-16-20(29)10-25(2,3)11-21(16)31-24(13)18/h4-8,12,30H,9-11H2,1-3H3,(H,27,28). The fourth-order valence-electron chi connectivity index (χ4n) is 4.59. The van der Waals surface area contributed by atoms with E-state index in [2.05, 4.69) is 24.0 Å². The number of aryl methyl sites for hydroxylation is 1. The molecule has 2 heterocycles. The lowest BCUT2D eigenvalue weighted by molar-refractivity contribution is -0.118. The molecule has 2 N–H and O–H groups in total. The Morgan fingerprint density at radius 3 is 2.65 bits per heavy atom. The van der Waals surface area contributed by atoms with Gasteiger partial charge in [0.05, 0.1) is 11.9 Å². The highest BCUT2D eigenvalue weighted by Crippen LogP contribution is 2.49. The van der Waals surface area contributed by atoms with Crippen LogP contribution >= 0.6 is 0 Å². The molecule has 2 aliphatic rings. The second-order valence-electron chi connectivity index (χ2n) is 9.18. The van der Waals surface area contributed by atoms with Gasteiger partial charge in [-0.15, -0.1) is 0 Å². The van der Waals surface area contributed by atoms with E-state index in [0.717, 1.165) is 22.4 Å². The first-order valence-electron chi connectivity index (χ1n) is 10.3. The lowest BCUT2D eigenvalue weighted by atomic mass is 9.74. The van der Waals surface area contributed by atoms with Crippen molar-refractivity contribution in [1.29, 1.82) is 0 Å². The molecule has 0 spiro atoms. The highest BCUT2D eigenvalue weighted by molar-refractivity contribution is 5.98. The summed E-state index contributed by atoms with van der Waals surface area (Å²) in [7, 11) is 0. The van der Waals surface area contributed by atoms with Gasteiger partial charge in [-0.2, -0.15) is 5.10 Å². The molecule has 0 amide bonds. The number of ether oxygens (including phenoxy) is 1. The molecule has 0 saturated heterocycles. The molecule has 31 heavy (non-hydrogen) atoms. The highest BCUT2D eigenvalue weighted by Gasteiger charge is 2.38. The van der Waals surface area contributed by atoms with Crippen LogP contribution in [-0.2, 0) is 11.2 Å². The van der Waals surface area contributed by atoms with Gasteiger partial charge in [0.1, 0.15) is 23.1 Å². The van der Waals surface area contributed by atoms with E-state index in [4.69, 9.17) is 4.74 Å². The van der Waals surface area contributed by atoms with Gasteiger partial charge in [0.25, 0.3) is 0 Å². The Morgan fingerprint density at radius 2 is 1.90 bits per heavy atom. The zero-order chi connectivity index (χ0) is 21.9. The number of aromatic hydroxyl groups is 1. The zero-order valence-corrected chi connectivity index (χ0v) is 17.7. The van der Waals surface area contributed by atoms with Crippen molar-refractivity contribution in [2.75, 3.05) is 0 Å². The zero-order valence-electron chi connectivity index (χ0n) is 17.7. The molecule has 1 aliphatic heterocycles. The fraction of sp³-hybridized carbons (Fsp3) is 0.280. The van der Waals surface area contributed by atoms with E-state index in [1.54, 1.807) is 18.3 Å². The minimum absolute atomic E-state index is 0.0670. The number of aromatic nitrogens is 2. The van der Waals surface area contributed by atoms with Gasteiger partial charge in [0, 0.05) is 41.5 Å². The molecule has 6 heteroatoms. The van der Waals surface area contributed by atoms with Gasteiger partial charge in [-0.25, -0.2) is 4.39 Å². The van der Waals surface area contributed by atoms with Crippen LogP contribution in [0.3, 0.4) is 0 Å². The molecule has 1 aromatic heterocycles. The second-order valence-corrected chi connectivity index (χ2v) is 9.18. The van der Waals surface area contributed by atoms with E-state index in [0.29, 0.717) is 47.4 Å². The van der Waals surface area contributed by atoms with Crippen molar-refractivity contribution in [3.63, 3.8) is 0 Å². The number of Topliss-reactive ketones (excluding diaryl/α,β-unsaturated/α-hetero) is 1. The third kappa shape index (κ3) is 3.23. The normalized spacial score (nSPS) is 17.2. The number of halogens is 1. The number of carbonyl (C=O) groups excluding carboxylic acids is 1. The summed E-state index contributed by atoms with van der Waals surface area (Å²) in [5.74, 6) is 1.17. The van der Waals surface area contributed by atoms with Crippen LogP contribution in [0.5, 0.6) is 11.5 Å². The Hall–Kier alpha value is -3.41. The summed E-state index contributed by atoms with van der Waals surface area (Å²) in [6.45, 7) is 6.06. The van der Waals surface area contributed by atoms with E-state index in [9.17, 15) is 14.3 Å². The van der Waals surface area contributed by atoms with Crippen LogP contribution in [0.1, 0.15) is 37.8 Å². The Labute approximate surface area is 179 Å². The molecule has 0 saturated carbocycles. The SMILES string of the molecule is Cc1cc(-c2[nH]ncc2-c2ccc(F)cc2)c(O)c2c1OC1=C(C2)C(=O)CC(C)(C)C1. The van der Waals surface area contributed by atoms with E-state index in [1.165, 1.54) is 12.1 Å². The number of phenolic OH excluding ortho intramolecular Hbond substituents is 1. The van der Waals surface area contributed by atoms with E-state index >= 15 is 0 Å². The molecule has 3 aromatic rings. The monoisotopic (exact) mass is 418 g/mol. The van der Waals surface area contributed by atoms with Gasteiger partial charge in [-0.1, -0.05) is 26.0 Å². The van der Waals surface area contributed by atoms with Crippen molar-refractivity contribution in [1.82, 2.24) is 10.2 Å². The van der Waals surface area contributed by atoms with Crippen LogP contribution in [0.2, 0.25) is 0 Å². The number of hydrogen-bond donors (Lipinski definition) is 2. The molecular weight excluding hydrogens is 395 g/mol. The first-order valence-corrected chi connectivity index (χ1v) is 10.3. The van der Waals surface area contributed by atoms with Crippen LogP contribution in [0.15, 0.2) is 47.9 Å². The minimum Gasteiger partial charge on any atom is -0.507 e. The first-order chi connectivity index (χ1) is 14.7. The smallest absolute Gasteiger partial charge is 0.163 e. The molecule has 0 radical (unpaired) electrons. The Bertz CT molecular complexity index is 1250. The van der Waals surface area contributed by atoms with Crippen molar-refractivity contribution in [3.8, 4) is 33.9 Å². The van der Waals surface area contributed by atoms with Crippen LogP contribution in [-0.4, -0.2) is 21.1 Å². The van der Waals surface area contributed by atoms with Crippen molar-refractivity contribution >= 4 is 5.78 Å². The molecule has 0 fully saturated rings. The number of hydrogen-bond acceptors (Lipinski definition) is 4. The average Bonchev–Trinajstić information content (AvgIpc) is 3.19. The Balaban J connectivity index is 1.61. The lowest BCUT2D eigenvalue weighted by Crippen LogP contribution is -2.30. The number of rotatable bonds is 2. The first kappa shape index (κ1) is 19.5. The van der Waals surface area contributed by atoms with Gasteiger partial charge in [0.15, 0.2) is 5.78 Å². The minimum atomic E-state index is -0.317. The molecule has 2 aromatic carbocycles. The third-order valence-electron chi connectivity index (χ3n) is 6.13. The second kappa shape index (κ2) is 6.80. The maximum Gasteiger partial charge on any atom is 0.163 e. The topological polar surface area (TPSA) is 75.2 Å². The molecule has 5 rings (SSSR count). The number of H-pyrrole nitrogens is 1. The maximum absolute atomic E-state index is 13.4. The van der Waals surface area contributed by atoms with Crippen molar-refractivity contribution < 1.29 is 19.0 Å². The number of fused-ring (bicyclic) bond motifs is 1. The van der Waals surface area contributed by atoms with Crippen LogP contribution in [0.25, 0.3) is 22.4 Å². The predicted molar refractivity (Wildman–Crippen MR) is 115 cm³/mol. The molecule has 158 valence electrons. The van der Waals surface area contributed by atoms with E-state index in [1.807, 2.05) is 13.0 Å². The lowest BCUT2D eigenvalue weighted by Gasteiger charge is -2.35. The number of phenols is 1. The van der Waals surface area contributed by atoms with E-state index in [-0.39, 0.29) is 22.8 Å². The molecule has 0 bridgehead atoms. The average molecular weight is 418 g/mol. The number of carbonyl (C=O) groups is 1. The highest BCUT2D eigenvalue weighted by atomic mass is 19.1. The Kier molecular flexibility index (Phi) is 4.29. The quantitative estimate of drug-likeness (QED) is 0.578. The number of nitrogens with zero attached hydrogens (tertiary/aromatic N) is 1. The number of nitrogens with one attached hydrogen (secondary N) is 1. The third-order valence-corrected chi connectivity index (χ3v) is 6.13. The summed E-state index contributed by atoms with van der Waals surface area (Å²) >= 11 is 0. The van der Waals surface area contributed by atoms with Crippen LogP contribution in [0.4, 0.5) is 4.39 Å². The van der Waals surface area contributed by atoms with Gasteiger partial charge in [-0.3, -0.25) is 9.89 Å². The number of benzene rings is 2. The van der Waals surface area contributed by atoms with Crippen LogP contribution in [0, 0.1) is 18.2 Å². The summed E-state index contributed by atoms with van der Waals surface area (Å²) < 4.78 is 19.5. The predicted octanol–water partition coefficient (Wildman–Crippen LogP) is 5.47. The van der Waals surface area contributed by atoms with Crippen molar-refractivity contribution in [2.24, 2.45) is 5.41 Å². The van der Waals surface area contributed by atoms with Gasteiger partial charge in [0.2, 0.25) is 0 Å². The van der Waals surface area contributed by atoms with Gasteiger partial charge < -0.3 is 9.84 Å². The fourth-order valence-corrected chi connectivity index (χ4v) is 4.59. The van der Waals surface area contributed by atoms with Gasteiger partial charge in [-0.05, 0) is 41.7 Å². The van der Waals surface area contributed by atoms with Crippen LogP contribution < -0.4 is 4.74 Å². The molecular formula is C25H23FN2O3. The molecule has 0 unspecified atom stereocenters. The molecule has 5 nitrogen and oxygen atoms in total. The molecule has 1 aliphatic carbocycles. The van der Waals surface area contributed by atoms with E-state index < -0.39 is 0 Å². The summed E-state index contributed by atoms with van der Waals surface area (Å²) in [6, 6.07) is 7.99. The summed E-state index contributed by atoms with van der Waals surface area (Å²) in [5, 5.41) is 18.3. The largest absolute Gasteiger partial charge is 0.507 e. The summed E-state index contributed by atoms with van der Waals surface area (Å²) in [5.41, 5.74) is 4.74. The van der Waals surface area contributed by atoms with Gasteiger partial charge >= 0.3 is 0 Å². The van der Waals surface area contributed by atoms with Crippen molar-refractivity contribution in [2.45, 2.75) is 40.0 Å². The number of allylic oxidation sites excluding steroid dienone is 2. The number of aromatic amines is 1. The summed E-state index contributed by atoms with van der Waals surface area (Å²) in [6.07, 6.45) is 3.17. The Morgan fingerprint density at radius 1 is 1.16 bits per heavy atom. The summed E-state index contributed by atoms with van der Waals surface area (Å²) in [4.78, 5) is 12.8. The van der Waals surface area contributed by atoms with Crippen molar-refractivity contribution in [3.05, 3.63) is 64.8 Å². The maximum atomic E-state index is 13.4. The molecule has 0 atom stereocenters.